The SMILES string of the molecule is C=NO/C(C#N)=C(/N)C[C@@H]1O[C@H](COC(=O)c2ccc(C)cc2)CC1C. The molecule has 1 aromatic rings. The maximum Gasteiger partial charge on any atom is 0.338 e. The quantitative estimate of drug-likeness (QED) is 0.264. The van der Waals surface area contributed by atoms with Crippen molar-refractivity contribution in [3.63, 3.8) is 0 Å². The van der Waals surface area contributed by atoms with Crippen LogP contribution >= 0.6 is 0 Å². The average molecular weight is 357 g/mol. The van der Waals surface area contributed by atoms with Crippen LogP contribution in [-0.2, 0) is 14.3 Å². The fraction of sp³-hybridized carbons (Fsp3) is 0.421. The number of nitrogens with two attached hydrogens (primary N) is 1. The third-order valence-electron chi connectivity index (χ3n) is 4.29. The van der Waals surface area contributed by atoms with E-state index in [-0.39, 0.29) is 42.2 Å². The molecule has 1 aliphatic rings. The number of allylic oxidation sites excluding steroid dienone is 1. The molecule has 0 aliphatic carbocycles. The second-order valence-electron chi connectivity index (χ2n) is 6.36. The van der Waals surface area contributed by atoms with E-state index in [1.165, 1.54) is 0 Å². The van der Waals surface area contributed by atoms with Crippen molar-refractivity contribution in [3.05, 3.63) is 46.8 Å². The molecular formula is C19H23N3O4. The average Bonchev–Trinajstić information content (AvgIpc) is 2.97. The zero-order valence-corrected chi connectivity index (χ0v) is 15.0. The molecule has 1 saturated heterocycles. The number of benzene rings is 1. The van der Waals surface area contributed by atoms with Crippen LogP contribution in [0, 0.1) is 24.2 Å². The van der Waals surface area contributed by atoms with Crippen LogP contribution in [0.4, 0.5) is 0 Å². The van der Waals surface area contributed by atoms with Gasteiger partial charge in [-0.25, -0.2) is 4.79 Å². The van der Waals surface area contributed by atoms with Crippen LogP contribution in [0.5, 0.6) is 0 Å². The highest BCUT2D eigenvalue weighted by atomic mass is 16.6. The van der Waals surface area contributed by atoms with Gasteiger partial charge < -0.3 is 20.0 Å². The summed E-state index contributed by atoms with van der Waals surface area (Å²) in [4.78, 5) is 16.8. The number of esters is 1. The minimum Gasteiger partial charge on any atom is -0.459 e. The normalized spacial score (nSPS) is 22.9. The Hall–Kier alpha value is -2.85. The van der Waals surface area contributed by atoms with Gasteiger partial charge in [-0.05, 0) is 31.4 Å². The van der Waals surface area contributed by atoms with E-state index in [1.807, 2.05) is 32.0 Å². The van der Waals surface area contributed by atoms with Crippen LogP contribution in [0.25, 0.3) is 0 Å². The minimum absolute atomic E-state index is 0.0787. The Morgan fingerprint density at radius 2 is 2.15 bits per heavy atom. The Labute approximate surface area is 153 Å². The third kappa shape index (κ3) is 5.07. The second kappa shape index (κ2) is 9.02. The summed E-state index contributed by atoms with van der Waals surface area (Å²) in [5, 5.41) is 12.2. The van der Waals surface area contributed by atoms with Crippen molar-refractivity contribution < 1.29 is 19.1 Å². The van der Waals surface area contributed by atoms with Crippen molar-refractivity contribution in [3.8, 4) is 6.07 Å². The summed E-state index contributed by atoms with van der Waals surface area (Å²) in [6, 6.07) is 9.04. The topological polar surface area (TPSA) is 107 Å². The van der Waals surface area contributed by atoms with Crippen LogP contribution in [0.15, 0.2) is 40.9 Å². The number of carbonyl (C=O) groups excluding carboxylic acids is 1. The minimum atomic E-state index is -0.374. The summed E-state index contributed by atoms with van der Waals surface area (Å²) in [5.74, 6) is -0.250. The van der Waals surface area contributed by atoms with Gasteiger partial charge >= 0.3 is 5.97 Å². The number of nitriles is 1. The first-order chi connectivity index (χ1) is 12.4. The van der Waals surface area contributed by atoms with Crippen molar-refractivity contribution in [2.24, 2.45) is 16.8 Å². The molecule has 1 unspecified atom stereocenters. The lowest BCUT2D eigenvalue weighted by molar-refractivity contribution is -0.0107. The number of rotatable bonds is 7. The van der Waals surface area contributed by atoms with Crippen LogP contribution in [0.1, 0.15) is 35.7 Å². The Balaban J connectivity index is 1.88. The van der Waals surface area contributed by atoms with Gasteiger partial charge in [0.05, 0.1) is 23.5 Å². The number of hydrogen-bond donors (Lipinski definition) is 1. The Morgan fingerprint density at radius 3 is 2.77 bits per heavy atom. The van der Waals surface area contributed by atoms with Gasteiger partial charge in [0.1, 0.15) is 12.7 Å². The van der Waals surface area contributed by atoms with E-state index in [2.05, 4.69) is 11.9 Å². The number of carbonyl (C=O) groups is 1. The summed E-state index contributed by atoms with van der Waals surface area (Å²) in [6.07, 6.45) is 0.680. The van der Waals surface area contributed by atoms with Gasteiger partial charge in [-0.2, -0.15) is 5.26 Å². The first-order valence-electron chi connectivity index (χ1n) is 8.35. The lowest BCUT2D eigenvalue weighted by Gasteiger charge is -2.16. The van der Waals surface area contributed by atoms with E-state index in [0.717, 1.165) is 12.0 Å². The molecule has 0 spiro atoms. The summed E-state index contributed by atoms with van der Waals surface area (Å²) in [7, 11) is 0. The largest absolute Gasteiger partial charge is 0.459 e. The lowest BCUT2D eigenvalue weighted by Crippen LogP contribution is -2.21. The molecule has 138 valence electrons. The Morgan fingerprint density at radius 1 is 1.46 bits per heavy atom. The molecule has 7 nitrogen and oxygen atoms in total. The highest BCUT2D eigenvalue weighted by molar-refractivity contribution is 5.89. The monoisotopic (exact) mass is 357 g/mol. The van der Waals surface area contributed by atoms with Gasteiger partial charge in [-0.15, -0.1) is 0 Å². The maximum absolute atomic E-state index is 12.1. The van der Waals surface area contributed by atoms with Gasteiger partial charge in [0.25, 0.3) is 5.76 Å². The zero-order valence-electron chi connectivity index (χ0n) is 15.0. The first-order valence-corrected chi connectivity index (χ1v) is 8.35. The fourth-order valence-electron chi connectivity index (χ4n) is 2.83. The molecule has 1 fully saturated rings. The second-order valence-corrected chi connectivity index (χ2v) is 6.36. The van der Waals surface area contributed by atoms with E-state index >= 15 is 0 Å². The smallest absolute Gasteiger partial charge is 0.338 e. The predicted molar refractivity (Wildman–Crippen MR) is 96.0 cm³/mol. The Bertz CT molecular complexity index is 721. The van der Waals surface area contributed by atoms with Crippen molar-refractivity contribution in [1.29, 1.82) is 5.26 Å². The van der Waals surface area contributed by atoms with Gasteiger partial charge in [0.2, 0.25) is 0 Å². The maximum atomic E-state index is 12.1. The van der Waals surface area contributed by atoms with E-state index in [1.54, 1.807) is 12.1 Å². The molecule has 1 aliphatic heterocycles. The van der Waals surface area contributed by atoms with Crippen LogP contribution in [0.3, 0.4) is 0 Å². The van der Waals surface area contributed by atoms with E-state index in [0.29, 0.717) is 12.0 Å². The van der Waals surface area contributed by atoms with E-state index in [9.17, 15) is 4.79 Å². The van der Waals surface area contributed by atoms with Gasteiger partial charge in [0, 0.05) is 13.1 Å². The van der Waals surface area contributed by atoms with Crippen LogP contribution in [0.2, 0.25) is 0 Å². The number of ether oxygens (including phenoxy) is 2. The summed E-state index contributed by atoms with van der Waals surface area (Å²) in [6.45, 7) is 7.32. The summed E-state index contributed by atoms with van der Waals surface area (Å²) >= 11 is 0. The molecule has 1 aromatic carbocycles. The molecule has 2 rings (SSSR count). The molecule has 26 heavy (non-hydrogen) atoms. The van der Waals surface area contributed by atoms with Crippen LogP contribution < -0.4 is 5.73 Å². The standard InChI is InChI=1S/C19H23N3O4/c1-12-4-6-14(7-5-12)19(23)24-11-15-8-13(2)17(25-15)9-16(21)18(10-20)26-22-3/h4-7,13,15,17H,3,8-9,11,21H2,1-2H3/b18-16+/t13?,15-,17-/m0/s1. The molecule has 0 radical (unpaired) electrons. The van der Waals surface area contributed by atoms with Crippen molar-refractivity contribution in [2.45, 2.75) is 38.9 Å². The van der Waals surface area contributed by atoms with Crippen molar-refractivity contribution in [2.75, 3.05) is 6.61 Å². The molecule has 1 heterocycles. The highest BCUT2D eigenvalue weighted by Gasteiger charge is 2.33. The molecular weight excluding hydrogens is 334 g/mol. The molecule has 0 amide bonds. The molecule has 0 bridgehead atoms. The number of nitrogens with zero attached hydrogens (tertiary/aromatic N) is 2. The number of aryl methyl sites for hydroxylation is 1. The van der Waals surface area contributed by atoms with Crippen molar-refractivity contribution >= 4 is 12.7 Å². The predicted octanol–water partition coefficient (Wildman–Crippen LogP) is 2.66. The molecule has 3 atom stereocenters. The molecule has 2 N–H and O–H groups in total. The summed E-state index contributed by atoms with van der Waals surface area (Å²) in [5.41, 5.74) is 7.74. The van der Waals surface area contributed by atoms with E-state index in [4.69, 9.17) is 25.3 Å². The Kier molecular flexibility index (Phi) is 6.75. The summed E-state index contributed by atoms with van der Waals surface area (Å²) < 4.78 is 11.3. The van der Waals surface area contributed by atoms with Crippen LogP contribution in [-0.4, -0.2) is 31.5 Å². The lowest BCUT2D eigenvalue weighted by atomic mass is 9.98. The molecule has 7 heteroatoms. The van der Waals surface area contributed by atoms with E-state index < -0.39 is 0 Å². The fourth-order valence-corrected chi connectivity index (χ4v) is 2.83. The zero-order chi connectivity index (χ0) is 19.1. The highest BCUT2D eigenvalue weighted by Crippen LogP contribution is 2.30. The molecule has 0 aromatic heterocycles. The molecule has 0 saturated carbocycles. The third-order valence-corrected chi connectivity index (χ3v) is 4.29. The van der Waals surface area contributed by atoms with Gasteiger partial charge in [0.15, 0.2) is 0 Å². The first kappa shape index (κ1) is 19.5. The van der Waals surface area contributed by atoms with Crippen molar-refractivity contribution in [1.82, 2.24) is 0 Å². The number of oxime groups is 1. The van der Waals surface area contributed by atoms with Gasteiger partial charge in [-0.1, -0.05) is 29.8 Å². The number of hydrogen-bond acceptors (Lipinski definition) is 7. The van der Waals surface area contributed by atoms with Gasteiger partial charge in [-0.3, -0.25) is 0 Å².